The van der Waals surface area contributed by atoms with Gasteiger partial charge >= 0.3 is 0 Å². The lowest BCUT2D eigenvalue weighted by molar-refractivity contribution is -0.140. The summed E-state index contributed by atoms with van der Waals surface area (Å²) in [5, 5.41) is 5.73. The average Bonchev–Trinajstić information content (AvgIpc) is 3.28. The lowest BCUT2D eigenvalue weighted by atomic mass is 9.79. The highest BCUT2D eigenvalue weighted by Crippen LogP contribution is 2.31. The molecule has 0 bridgehead atoms. The summed E-state index contributed by atoms with van der Waals surface area (Å²) in [7, 11) is 0. The van der Waals surface area contributed by atoms with Gasteiger partial charge in [-0.05, 0) is 62.8 Å². The Labute approximate surface area is 201 Å². The molecule has 0 radical (unpaired) electrons. The number of amides is 3. The second kappa shape index (κ2) is 10.4. The number of hydrogen-bond donors (Lipinski definition) is 2. The smallest absolute Gasteiger partial charge is 0.227 e. The van der Waals surface area contributed by atoms with Crippen molar-refractivity contribution in [1.82, 2.24) is 15.1 Å². The third kappa shape index (κ3) is 5.59. The van der Waals surface area contributed by atoms with Crippen molar-refractivity contribution >= 4 is 23.4 Å². The third-order valence-corrected chi connectivity index (χ3v) is 7.75. The van der Waals surface area contributed by atoms with Gasteiger partial charge in [-0.25, -0.2) is 4.39 Å². The van der Waals surface area contributed by atoms with E-state index in [-0.39, 0.29) is 41.6 Å². The minimum atomic E-state index is -0.372. The first-order valence-electron chi connectivity index (χ1n) is 12.6. The van der Waals surface area contributed by atoms with E-state index in [1.807, 2.05) is 11.8 Å². The molecule has 1 heterocycles. The number of carbonyl (C=O) groups is 3. The zero-order chi connectivity index (χ0) is 24.4. The molecule has 2 saturated carbocycles. The molecule has 7 nitrogen and oxygen atoms in total. The Morgan fingerprint density at radius 3 is 2.44 bits per heavy atom. The van der Waals surface area contributed by atoms with Crippen molar-refractivity contribution in [2.24, 2.45) is 11.8 Å². The van der Waals surface area contributed by atoms with Crippen LogP contribution in [0, 0.1) is 24.6 Å². The van der Waals surface area contributed by atoms with Crippen molar-refractivity contribution in [2.75, 3.05) is 25.0 Å². The first kappa shape index (κ1) is 24.6. The highest BCUT2D eigenvalue weighted by atomic mass is 19.1. The largest absolute Gasteiger partial charge is 0.354 e. The second-order valence-corrected chi connectivity index (χ2v) is 10.4. The molecule has 3 fully saturated rings. The molecule has 1 aromatic carbocycles. The molecule has 2 aliphatic carbocycles. The second-order valence-electron chi connectivity index (χ2n) is 10.4. The van der Waals surface area contributed by atoms with E-state index in [0.717, 1.165) is 49.9 Å². The van der Waals surface area contributed by atoms with Crippen LogP contribution in [0.15, 0.2) is 12.1 Å². The average molecular weight is 473 g/mol. The van der Waals surface area contributed by atoms with Crippen LogP contribution in [0.25, 0.3) is 0 Å². The van der Waals surface area contributed by atoms with Gasteiger partial charge in [0.05, 0.1) is 0 Å². The van der Waals surface area contributed by atoms with Crippen molar-refractivity contribution in [1.29, 1.82) is 0 Å². The number of nitrogens with zero attached hydrogens (tertiary/aromatic N) is 2. The number of rotatable bonds is 6. The molecular formula is C26H37FN4O3. The zero-order valence-electron chi connectivity index (χ0n) is 20.5. The first-order chi connectivity index (χ1) is 16.2. The van der Waals surface area contributed by atoms with E-state index in [1.54, 1.807) is 6.07 Å². The van der Waals surface area contributed by atoms with Gasteiger partial charge in [-0.2, -0.15) is 0 Å². The summed E-state index contributed by atoms with van der Waals surface area (Å²) in [4.78, 5) is 41.0. The Hall–Kier alpha value is -2.48. The number of piperazine rings is 1. The van der Waals surface area contributed by atoms with Crippen LogP contribution >= 0.6 is 0 Å². The molecule has 8 heteroatoms. The number of anilines is 1. The van der Waals surface area contributed by atoms with E-state index in [9.17, 15) is 18.8 Å². The maximum absolute atomic E-state index is 14.5. The number of carbonyl (C=O) groups excluding carboxylic acids is 3. The number of hydrogen-bond acceptors (Lipinski definition) is 4. The fourth-order valence-electron chi connectivity index (χ4n) is 5.65. The highest BCUT2D eigenvalue weighted by molar-refractivity contribution is 5.94. The van der Waals surface area contributed by atoms with Gasteiger partial charge in [0.1, 0.15) is 5.82 Å². The van der Waals surface area contributed by atoms with Crippen molar-refractivity contribution in [3.63, 3.8) is 0 Å². The molecule has 0 aromatic heterocycles. The Kier molecular flexibility index (Phi) is 7.55. The minimum absolute atomic E-state index is 0.0404. The fourth-order valence-corrected chi connectivity index (χ4v) is 5.65. The van der Waals surface area contributed by atoms with Crippen molar-refractivity contribution in [3.8, 4) is 0 Å². The van der Waals surface area contributed by atoms with Crippen molar-refractivity contribution in [3.05, 3.63) is 29.1 Å². The van der Waals surface area contributed by atoms with Crippen LogP contribution in [-0.2, 0) is 20.9 Å². The Bertz CT molecular complexity index is 940. The summed E-state index contributed by atoms with van der Waals surface area (Å²) >= 11 is 0. The predicted octanol–water partition coefficient (Wildman–Crippen LogP) is 3.21. The van der Waals surface area contributed by atoms with E-state index in [4.69, 9.17) is 0 Å². The summed E-state index contributed by atoms with van der Waals surface area (Å²) in [5.41, 5.74) is 2.22. The number of nitrogens with one attached hydrogen (secondary N) is 2. The summed E-state index contributed by atoms with van der Waals surface area (Å²) in [6, 6.07) is 3.09. The molecule has 1 aliphatic heterocycles. The summed E-state index contributed by atoms with van der Waals surface area (Å²) < 4.78 is 14.5. The van der Waals surface area contributed by atoms with Gasteiger partial charge in [0.25, 0.3) is 0 Å². The molecule has 1 aromatic rings. The van der Waals surface area contributed by atoms with Crippen molar-refractivity contribution < 1.29 is 18.8 Å². The first-order valence-corrected chi connectivity index (χ1v) is 12.6. The molecule has 0 spiro atoms. The number of halogens is 1. The standard InChI is InChI=1S/C26H37FN4O3/c1-16-14-30(8-9-31(16)26(34)19-6-4-5-7-19)15-21-10-22(27)13-24(17(21)2)29-25(33)20-11-23(12-20)28-18(3)32/h10,13,16,19-20,23H,4-9,11-12,14-15H2,1-3H3,(H,28,32)(H,29,33)/t16-,20-,23+/m0/s1. The molecular weight excluding hydrogens is 435 g/mol. The van der Waals surface area contributed by atoms with Gasteiger partial charge in [-0.1, -0.05) is 12.8 Å². The van der Waals surface area contributed by atoms with Crippen LogP contribution in [0.5, 0.6) is 0 Å². The molecule has 1 atom stereocenters. The molecule has 4 rings (SSSR count). The molecule has 3 amide bonds. The maximum Gasteiger partial charge on any atom is 0.227 e. The van der Waals surface area contributed by atoms with Gasteiger partial charge in [0, 0.05) is 62.7 Å². The Morgan fingerprint density at radius 2 is 1.79 bits per heavy atom. The lowest BCUT2D eigenvalue weighted by Crippen LogP contribution is -2.54. The van der Waals surface area contributed by atoms with Crippen LogP contribution in [0.4, 0.5) is 10.1 Å². The van der Waals surface area contributed by atoms with Gasteiger partial charge in [0.15, 0.2) is 0 Å². The summed E-state index contributed by atoms with van der Waals surface area (Å²) in [6.45, 7) is 8.27. The zero-order valence-corrected chi connectivity index (χ0v) is 20.5. The number of benzene rings is 1. The Balaban J connectivity index is 1.34. The van der Waals surface area contributed by atoms with E-state index >= 15 is 0 Å². The molecule has 34 heavy (non-hydrogen) atoms. The quantitative estimate of drug-likeness (QED) is 0.666. The van der Waals surface area contributed by atoms with E-state index in [2.05, 4.69) is 22.5 Å². The van der Waals surface area contributed by atoms with Crippen LogP contribution in [0.3, 0.4) is 0 Å². The van der Waals surface area contributed by atoms with Crippen molar-refractivity contribution in [2.45, 2.75) is 77.9 Å². The SMILES string of the molecule is CC(=O)N[C@H]1C[C@@H](C(=O)Nc2cc(F)cc(CN3CCN(C(=O)C4CCCC4)[C@@H](C)C3)c2C)C1. The van der Waals surface area contributed by atoms with Gasteiger partial charge < -0.3 is 15.5 Å². The van der Waals surface area contributed by atoms with Crippen LogP contribution in [-0.4, -0.2) is 59.2 Å². The maximum atomic E-state index is 14.5. The summed E-state index contributed by atoms with van der Waals surface area (Å²) in [6.07, 6.45) is 5.54. The predicted molar refractivity (Wildman–Crippen MR) is 129 cm³/mol. The van der Waals surface area contributed by atoms with E-state index < -0.39 is 0 Å². The third-order valence-electron chi connectivity index (χ3n) is 7.75. The van der Waals surface area contributed by atoms with Gasteiger partial charge in [-0.3, -0.25) is 19.3 Å². The van der Waals surface area contributed by atoms with E-state index in [1.165, 1.54) is 13.0 Å². The monoisotopic (exact) mass is 472 g/mol. The molecule has 3 aliphatic rings. The molecule has 1 saturated heterocycles. The van der Waals surface area contributed by atoms with Crippen LogP contribution in [0.2, 0.25) is 0 Å². The molecule has 2 N–H and O–H groups in total. The lowest BCUT2D eigenvalue weighted by Gasteiger charge is -2.41. The minimum Gasteiger partial charge on any atom is -0.354 e. The topological polar surface area (TPSA) is 81.8 Å². The van der Waals surface area contributed by atoms with Gasteiger partial charge in [0.2, 0.25) is 17.7 Å². The normalized spacial score (nSPS) is 25.6. The van der Waals surface area contributed by atoms with Crippen LogP contribution < -0.4 is 10.6 Å². The highest BCUT2D eigenvalue weighted by Gasteiger charge is 2.36. The fraction of sp³-hybridized carbons (Fsp3) is 0.654. The Morgan fingerprint density at radius 1 is 1.09 bits per heavy atom. The van der Waals surface area contributed by atoms with E-state index in [0.29, 0.717) is 37.5 Å². The summed E-state index contributed by atoms with van der Waals surface area (Å²) in [5.74, 6) is -0.275. The molecule has 0 unspecified atom stereocenters. The molecule has 186 valence electrons. The van der Waals surface area contributed by atoms with Crippen LogP contribution in [0.1, 0.15) is 63.5 Å². The van der Waals surface area contributed by atoms with Gasteiger partial charge in [-0.15, -0.1) is 0 Å².